The third-order valence-electron chi connectivity index (χ3n) is 3.77. The van der Waals surface area contributed by atoms with E-state index in [9.17, 15) is 9.59 Å². The molecule has 0 atom stereocenters. The van der Waals surface area contributed by atoms with E-state index in [0.717, 1.165) is 24.4 Å². The zero-order valence-corrected chi connectivity index (χ0v) is 12.5. The van der Waals surface area contributed by atoms with Crippen molar-refractivity contribution < 1.29 is 4.79 Å². The molecule has 1 aliphatic carbocycles. The number of aryl methyl sites for hydroxylation is 1. The first kappa shape index (κ1) is 14.5. The number of imidazole rings is 1. The largest absolute Gasteiger partial charge is 0.353 e. The Morgan fingerprint density at radius 3 is 2.91 bits per heavy atom. The van der Waals surface area contributed by atoms with Crippen molar-refractivity contribution in [1.82, 2.24) is 24.6 Å². The Morgan fingerprint density at radius 1 is 1.41 bits per heavy atom. The van der Waals surface area contributed by atoms with Crippen molar-refractivity contribution in [1.29, 1.82) is 0 Å². The maximum absolute atomic E-state index is 11.9. The van der Waals surface area contributed by atoms with Gasteiger partial charge >= 0.3 is 0 Å². The minimum Gasteiger partial charge on any atom is -0.353 e. The minimum atomic E-state index is -0.245. The Hall–Kier alpha value is -2.44. The van der Waals surface area contributed by atoms with Crippen LogP contribution in [0.4, 0.5) is 0 Å². The van der Waals surface area contributed by atoms with Crippen LogP contribution >= 0.6 is 0 Å². The van der Waals surface area contributed by atoms with Crippen LogP contribution in [-0.4, -0.2) is 31.8 Å². The highest BCUT2D eigenvalue weighted by atomic mass is 16.2. The average Bonchev–Trinajstić information content (AvgIpc) is 3.26. The highest BCUT2D eigenvalue weighted by molar-refractivity contribution is 5.75. The fourth-order valence-corrected chi connectivity index (χ4v) is 2.32. The first-order valence-electron chi connectivity index (χ1n) is 7.46. The van der Waals surface area contributed by atoms with Crippen LogP contribution in [0.3, 0.4) is 0 Å². The average molecular weight is 301 g/mol. The van der Waals surface area contributed by atoms with Gasteiger partial charge in [0.2, 0.25) is 5.91 Å². The molecule has 2 aromatic rings. The van der Waals surface area contributed by atoms with Gasteiger partial charge in [0, 0.05) is 37.5 Å². The highest BCUT2D eigenvalue weighted by Gasteiger charge is 2.25. The van der Waals surface area contributed by atoms with Crippen molar-refractivity contribution >= 4 is 5.91 Å². The number of carbonyl (C=O) groups is 1. The van der Waals surface area contributed by atoms with Gasteiger partial charge in [0.25, 0.3) is 5.56 Å². The smallest absolute Gasteiger partial charge is 0.267 e. The summed E-state index contributed by atoms with van der Waals surface area (Å²) in [6.07, 6.45) is 5.82. The maximum Gasteiger partial charge on any atom is 0.267 e. The standard InChI is InChI=1S/C15H19N5O2/c1-11-16-6-8-19(11)9-7-17-14(21)10-20-15(22)5-4-13(18-20)12-2-3-12/h4-6,8,12H,2-3,7,9-10H2,1H3,(H,17,21). The maximum atomic E-state index is 11.9. The number of nitrogens with one attached hydrogen (secondary N) is 1. The quantitative estimate of drug-likeness (QED) is 0.839. The van der Waals surface area contributed by atoms with Gasteiger partial charge in [0.1, 0.15) is 12.4 Å². The van der Waals surface area contributed by atoms with Crippen molar-refractivity contribution in [3.63, 3.8) is 0 Å². The molecule has 0 aromatic carbocycles. The molecule has 0 saturated heterocycles. The molecule has 7 heteroatoms. The van der Waals surface area contributed by atoms with Gasteiger partial charge in [-0.2, -0.15) is 5.10 Å². The molecule has 2 aromatic heterocycles. The summed E-state index contributed by atoms with van der Waals surface area (Å²) in [7, 11) is 0. The lowest BCUT2D eigenvalue weighted by Crippen LogP contribution is -2.35. The second kappa shape index (κ2) is 6.13. The molecule has 0 aliphatic heterocycles. The van der Waals surface area contributed by atoms with Gasteiger partial charge in [-0.05, 0) is 25.8 Å². The normalized spacial score (nSPS) is 14.0. The molecule has 0 spiro atoms. The van der Waals surface area contributed by atoms with Crippen LogP contribution < -0.4 is 10.9 Å². The molecule has 1 fully saturated rings. The minimum absolute atomic E-state index is 0.0394. The highest BCUT2D eigenvalue weighted by Crippen LogP contribution is 2.38. The van der Waals surface area contributed by atoms with Gasteiger partial charge in [0.05, 0.1) is 5.69 Å². The number of hydrogen-bond acceptors (Lipinski definition) is 4. The zero-order valence-electron chi connectivity index (χ0n) is 12.5. The molecule has 1 N–H and O–H groups in total. The predicted molar refractivity (Wildman–Crippen MR) is 80.4 cm³/mol. The topological polar surface area (TPSA) is 81.8 Å². The van der Waals surface area contributed by atoms with E-state index in [0.29, 0.717) is 19.0 Å². The van der Waals surface area contributed by atoms with Crippen molar-refractivity contribution in [3.8, 4) is 0 Å². The summed E-state index contributed by atoms with van der Waals surface area (Å²) in [6.45, 7) is 3.02. The van der Waals surface area contributed by atoms with Crippen LogP contribution in [-0.2, 0) is 17.9 Å². The summed E-state index contributed by atoms with van der Waals surface area (Å²) < 4.78 is 3.20. The Morgan fingerprint density at radius 2 is 2.23 bits per heavy atom. The number of carbonyl (C=O) groups excluding carboxylic acids is 1. The van der Waals surface area contributed by atoms with Crippen LogP contribution in [0, 0.1) is 6.92 Å². The number of aromatic nitrogens is 4. The van der Waals surface area contributed by atoms with E-state index in [1.807, 2.05) is 17.7 Å². The summed E-state index contributed by atoms with van der Waals surface area (Å²) >= 11 is 0. The van der Waals surface area contributed by atoms with E-state index in [-0.39, 0.29) is 18.0 Å². The van der Waals surface area contributed by atoms with E-state index in [4.69, 9.17) is 0 Å². The second-order valence-corrected chi connectivity index (χ2v) is 5.55. The lowest BCUT2D eigenvalue weighted by molar-refractivity contribution is -0.121. The Labute approximate surface area is 128 Å². The first-order valence-corrected chi connectivity index (χ1v) is 7.46. The van der Waals surface area contributed by atoms with E-state index >= 15 is 0 Å². The number of amides is 1. The van der Waals surface area contributed by atoms with Gasteiger partial charge in [0.15, 0.2) is 0 Å². The van der Waals surface area contributed by atoms with E-state index in [1.54, 1.807) is 12.3 Å². The fourth-order valence-electron chi connectivity index (χ4n) is 2.32. The third-order valence-corrected chi connectivity index (χ3v) is 3.77. The summed E-state index contributed by atoms with van der Waals surface area (Å²) in [4.78, 5) is 27.8. The van der Waals surface area contributed by atoms with Gasteiger partial charge in [-0.15, -0.1) is 0 Å². The van der Waals surface area contributed by atoms with E-state index < -0.39 is 0 Å². The molecular formula is C15H19N5O2. The monoisotopic (exact) mass is 301 g/mol. The van der Waals surface area contributed by atoms with Crippen LogP contribution in [0.2, 0.25) is 0 Å². The SMILES string of the molecule is Cc1nccn1CCNC(=O)Cn1nc(C2CC2)ccc1=O. The van der Waals surface area contributed by atoms with E-state index in [1.165, 1.54) is 10.7 Å². The molecular weight excluding hydrogens is 282 g/mol. The molecule has 1 saturated carbocycles. The molecule has 0 bridgehead atoms. The van der Waals surface area contributed by atoms with Gasteiger partial charge < -0.3 is 9.88 Å². The Kier molecular flexibility index (Phi) is 4.04. The Bertz CT molecular complexity index is 730. The number of nitrogens with zero attached hydrogens (tertiary/aromatic N) is 4. The Balaban J connectivity index is 1.54. The van der Waals surface area contributed by atoms with Gasteiger partial charge in [-0.25, -0.2) is 9.67 Å². The van der Waals surface area contributed by atoms with Crippen molar-refractivity contribution in [2.75, 3.05) is 6.54 Å². The fraction of sp³-hybridized carbons (Fsp3) is 0.467. The first-order chi connectivity index (χ1) is 10.6. The molecule has 1 aliphatic rings. The molecule has 0 radical (unpaired) electrons. The number of rotatable bonds is 6. The van der Waals surface area contributed by atoms with E-state index in [2.05, 4.69) is 15.4 Å². The summed E-state index contributed by atoms with van der Waals surface area (Å²) in [5.74, 6) is 1.16. The van der Waals surface area contributed by atoms with Crippen molar-refractivity contribution in [2.24, 2.45) is 0 Å². The summed E-state index contributed by atoms with van der Waals surface area (Å²) in [6, 6.07) is 3.25. The van der Waals surface area contributed by atoms with Crippen LogP contribution in [0.5, 0.6) is 0 Å². The van der Waals surface area contributed by atoms with Gasteiger partial charge in [-0.1, -0.05) is 0 Å². The summed E-state index contributed by atoms with van der Waals surface area (Å²) in [5, 5.41) is 7.08. The number of hydrogen-bond donors (Lipinski definition) is 1. The molecule has 116 valence electrons. The second-order valence-electron chi connectivity index (χ2n) is 5.55. The molecule has 22 heavy (non-hydrogen) atoms. The molecule has 7 nitrogen and oxygen atoms in total. The van der Waals surface area contributed by atoms with Crippen molar-refractivity contribution in [2.45, 2.75) is 38.8 Å². The summed E-state index contributed by atoms with van der Waals surface area (Å²) in [5.41, 5.74) is 0.659. The van der Waals surface area contributed by atoms with Crippen LogP contribution in [0.15, 0.2) is 29.3 Å². The third kappa shape index (κ3) is 3.41. The van der Waals surface area contributed by atoms with Gasteiger partial charge in [-0.3, -0.25) is 9.59 Å². The van der Waals surface area contributed by atoms with Crippen LogP contribution in [0.25, 0.3) is 0 Å². The lowest BCUT2D eigenvalue weighted by atomic mass is 10.3. The molecule has 2 heterocycles. The predicted octanol–water partition coefficient (Wildman–Crippen LogP) is 0.442. The van der Waals surface area contributed by atoms with Crippen LogP contribution in [0.1, 0.15) is 30.3 Å². The molecule has 1 amide bonds. The van der Waals surface area contributed by atoms with Crippen molar-refractivity contribution in [3.05, 3.63) is 46.4 Å². The zero-order chi connectivity index (χ0) is 15.5. The molecule has 3 rings (SSSR count). The lowest BCUT2D eigenvalue weighted by Gasteiger charge is -2.09. The molecule has 0 unspecified atom stereocenters.